The van der Waals surface area contributed by atoms with Crippen LogP contribution in [-0.4, -0.2) is 46.8 Å². The average Bonchev–Trinajstić information content (AvgIpc) is 3.21. The molecule has 6 nitrogen and oxygen atoms in total. The monoisotopic (exact) mass is 402 g/mol. The first-order chi connectivity index (χ1) is 13.7. The smallest absolute Gasteiger partial charge is 0.232 e. The number of piperidine rings is 2. The lowest BCUT2D eigenvalue weighted by Gasteiger charge is -2.35. The molecule has 3 heterocycles. The highest BCUT2D eigenvalue weighted by Gasteiger charge is 2.23. The minimum absolute atomic E-state index is 0.492. The molecule has 154 valence electrons. The topological polar surface area (TPSA) is 56.3 Å². The molecule has 3 aliphatic rings. The lowest BCUT2D eigenvalue weighted by atomic mass is 10.0. The normalized spacial score (nSPS) is 23.7. The molecular formula is C21H34N6S. The van der Waals surface area contributed by atoms with Crippen molar-refractivity contribution in [1.29, 1.82) is 0 Å². The van der Waals surface area contributed by atoms with Crippen molar-refractivity contribution in [3.63, 3.8) is 0 Å². The number of hydrogen-bond donors (Lipinski definition) is 2. The SMILES string of the molecule is CC1CCCCN1c1cc(N2CCCCC2)nc(NC(=S)NC2CCCC2)n1. The Bertz CT molecular complexity index is 669. The van der Waals surface area contributed by atoms with Gasteiger partial charge >= 0.3 is 0 Å². The molecule has 1 saturated carbocycles. The fourth-order valence-corrected chi connectivity index (χ4v) is 5.00. The molecule has 2 saturated heterocycles. The third-order valence-electron chi connectivity index (χ3n) is 6.39. The van der Waals surface area contributed by atoms with E-state index in [1.54, 1.807) is 0 Å². The molecule has 0 aromatic carbocycles. The van der Waals surface area contributed by atoms with E-state index in [9.17, 15) is 0 Å². The zero-order chi connectivity index (χ0) is 19.3. The Morgan fingerprint density at radius 3 is 2.36 bits per heavy atom. The van der Waals surface area contributed by atoms with Crippen LogP contribution >= 0.6 is 12.2 Å². The van der Waals surface area contributed by atoms with Crippen molar-refractivity contribution in [1.82, 2.24) is 15.3 Å². The van der Waals surface area contributed by atoms with Crippen molar-refractivity contribution in [3.05, 3.63) is 6.07 Å². The number of hydrogen-bond acceptors (Lipinski definition) is 5. The standard InChI is InChI=1S/C21H34N6S/c1-16-9-5-8-14-27(16)19-15-18(26-12-6-2-7-13-26)23-20(24-19)25-21(28)22-17-10-3-4-11-17/h15-17H,2-14H2,1H3,(H2,22,23,24,25,28). The number of thiocarbonyl (C=S) groups is 1. The quantitative estimate of drug-likeness (QED) is 0.736. The Labute approximate surface area is 174 Å². The summed E-state index contributed by atoms with van der Waals surface area (Å²) in [5.74, 6) is 2.70. The molecule has 1 aliphatic carbocycles. The van der Waals surface area contributed by atoms with E-state index in [4.69, 9.17) is 22.2 Å². The molecular weight excluding hydrogens is 368 g/mol. The Hall–Kier alpha value is -1.63. The first-order valence-corrected chi connectivity index (χ1v) is 11.6. The maximum absolute atomic E-state index is 5.57. The Morgan fingerprint density at radius 1 is 0.929 bits per heavy atom. The van der Waals surface area contributed by atoms with E-state index >= 15 is 0 Å². The molecule has 2 N–H and O–H groups in total. The highest BCUT2D eigenvalue weighted by Crippen LogP contribution is 2.28. The van der Waals surface area contributed by atoms with E-state index in [0.29, 0.717) is 23.1 Å². The third kappa shape index (κ3) is 4.85. The fraction of sp³-hybridized carbons (Fsp3) is 0.762. The summed E-state index contributed by atoms with van der Waals surface area (Å²) >= 11 is 5.57. The maximum Gasteiger partial charge on any atom is 0.232 e. The predicted molar refractivity (Wildman–Crippen MR) is 120 cm³/mol. The summed E-state index contributed by atoms with van der Waals surface area (Å²) < 4.78 is 0. The molecule has 0 spiro atoms. The molecule has 0 amide bonds. The first-order valence-electron chi connectivity index (χ1n) is 11.2. The van der Waals surface area contributed by atoms with Crippen LogP contribution in [0.2, 0.25) is 0 Å². The van der Waals surface area contributed by atoms with Crippen molar-refractivity contribution in [2.45, 2.75) is 83.2 Å². The van der Waals surface area contributed by atoms with Crippen LogP contribution in [0.15, 0.2) is 6.07 Å². The van der Waals surface area contributed by atoms with Gasteiger partial charge < -0.3 is 20.4 Å². The van der Waals surface area contributed by atoms with E-state index in [1.165, 1.54) is 64.2 Å². The van der Waals surface area contributed by atoms with Crippen molar-refractivity contribution < 1.29 is 0 Å². The number of anilines is 3. The van der Waals surface area contributed by atoms with Gasteiger partial charge in [-0.2, -0.15) is 9.97 Å². The van der Waals surface area contributed by atoms with Crippen molar-refractivity contribution in [2.75, 3.05) is 34.8 Å². The molecule has 4 rings (SSSR count). The second-order valence-electron chi connectivity index (χ2n) is 8.57. The van der Waals surface area contributed by atoms with Crippen molar-refractivity contribution >= 4 is 34.9 Å². The van der Waals surface area contributed by atoms with Gasteiger partial charge in [0.1, 0.15) is 11.6 Å². The molecule has 3 fully saturated rings. The molecule has 0 radical (unpaired) electrons. The fourth-order valence-electron chi connectivity index (χ4n) is 4.74. The van der Waals surface area contributed by atoms with Gasteiger partial charge in [0.25, 0.3) is 0 Å². The van der Waals surface area contributed by atoms with Gasteiger partial charge in [-0.3, -0.25) is 0 Å². The zero-order valence-electron chi connectivity index (χ0n) is 17.1. The van der Waals surface area contributed by atoms with E-state index in [2.05, 4.69) is 33.4 Å². The van der Waals surface area contributed by atoms with Crippen LogP contribution in [0.3, 0.4) is 0 Å². The van der Waals surface area contributed by atoms with Crippen LogP contribution in [0.25, 0.3) is 0 Å². The lowest BCUT2D eigenvalue weighted by Crippen LogP contribution is -2.39. The molecule has 7 heteroatoms. The van der Waals surface area contributed by atoms with E-state index in [1.807, 2.05) is 0 Å². The van der Waals surface area contributed by atoms with E-state index in [0.717, 1.165) is 31.3 Å². The molecule has 1 aromatic heterocycles. The summed E-state index contributed by atoms with van der Waals surface area (Å²) in [5, 5.41) is 7.39. The average molecular weight is 403 g/mol. The molecule has 1 atom stereocenters. The largest absolute Gasteiger partial charge is 0.360 e. The summed E-state index contributed by atoms with van der Waals surface area (Å²) in [6.45, 7) is 5.54. The second-order valence-corrected chi connectivity index (χ2v) is 8.98. The number of rotatable bonds is 4. The molecule has 1 aromatic rings. The molecule has 2 aliphatic heterocycles. The highest BCUT2D eigenvalue weighted by atomic mass is 32.1. The van der Waals surface area contributed by atoms with Gasteiger partial charge in [-0.05, 0) is 70.5 Å². The van der Waals surface area contributed by atoms with E-state index in [-0.39, 0.29) is 0 Å². The zero-order valence-corrected chi connectivity index (χ0v) is 17.9. The summed E-state index contributed by atoms with van der Waals surface area (Å²) in [6.07, 6.45) is 12.6. The van der Waals surface area contributed by atoms with Gasteiger partial charge in [0, 0.05) is 37.8 Å². The van der Waals surface area contributed by atoms with Crippen molar-refractivity contribution in [2.24, 2.45) is 0 Å². The number of nitrogens with zero attached hydrogens (tertiary/aromatic N) is 4. The van der Waals surface area contributed by atoms with Crippen LogP contribution in [-0.2, 0) is 0 Å². The Morgan fingerprint density at radius 2 is 1.61 bits per heavy atom. The Balaban J connectivity index is 1.54. The van der Waals surface area contributed by atoms with E-state index < -0.39 is 0 Å². The van der Waals surface area contributed by atoms with Crippen LogP contribution < -0.4 is 20.4 Å². The maximum atomic E-state index is 5.57. The molecule has 28 heavy (non-hydrogen) atoms. The molecule has 1 unspecified atom stereocenters. The summed E-state index contributed by atoms with van der Waals surface area (Å²) in [6, 6.07) is 3.20. The van der Waals surface area contributed by atoms with Crippen LogP contribution in [0, 0.1) is 0 Å². The minimum atomic E-state index is 0.492. The molecule has 0 bridgehead atoms. The number of nitrogens with one attached hydrogen (secondary N) is 2. The third-order valence-corrected chi connectivity index (χ3v) is 6.61. The van der Waals surface area contributed by atoms with Crippen molar-refractivity contribution in [3.8, 4) is 0 Å². The van der Waals surface area contributed by atoms with Gasteiger partial charge in [-0.15, -0.1) is 0 Å². The van der Waals surface area contributed by atoms with Gasteiger partial charge in [-0.1, -0.05) is 12.8 Å². The van der Waals surface area contributed by atoms with Crippen LogP contribution in [0.5, 0.6) is 0 Å². The van der Waals surface area contributed by atoms with Gasteiger partial charge in [0.2, 0.25) is 5.95 Å². The highest BCUT2D eigenvalue weighted by molar-refractivity contribution is 7.80. The second kappa shape index (κ2) is 9.25. The minimum Gasteiger partial charge on any atom is -0.360 e. The predicted octanol–water partition coefficient (Wildman–Crippen LogP) is 4.07. The lowest BCUT2D eigenvalue weighted by molar-refractivity contribution is 0.481. The summed E-state index contributed by atoms with van der Waals surface area (Å²) in [4.78, 5) is 14.6. The Kier molecular flexibility index (Phi) is 6.50. The van der Waals surface area contributed by atoms with Gasteiger partial charge in [0.05, 0.1) is 0 Å². The van der Waals surface area contributed by atoms with Gasteiger partial charge in [0.15, 0.2) is 5.11 Å². The first kappa shape index (κ1) is 19.7. The summed E-state index contributed by atoms with van der Waals surface area (Å²) in [5.41, 5.74) is 0. The summed E-state index contributed by atoms with van der Waals surface area (Å²) in [7, 11) is 0. The number of aromatic nitrogens is 2. The van der Waals surface area contributed by atoms with Gasteiger partial charge in [-0.25, -0.2) is 0 Å². The van der Waals surface area contributed by atoms with Crippen LogP contribution in [0.4, 0.5) is 17.6 Å². The van der Waals surface area contributed by atoms with Crippen LogP contribution in [0.1, 0.15) is 71.1 Å².